The summed E-state index contributed by atoms with van der Waals surface area (Å²) >= 11 is 0. The molecule has 1 aromatic carbocycles. The van der Waals surface area contributed by atoms with E-state index in [1.165, 1.54) is 12.1 Å². The van der Waals surface area contributed by atoms with E-state index in [2.05, 4.69) is 11.4 Å². The van der Waals surface area contributed by atoms with Gasteiger partial charge in [0.15, 0.2) is 0 Å². The lowest BCUT2D eigenvalue weighted by atomic mass is 9.69. The van der Waals surface area contributed by atoms with Gasteiger partial charge in [-0.2, -0.15) is 5.26 Å². The van der Waals surface area contributed by atoms with E-state index in [1.54, 1.807) is 12.1 Å². The predicted octanol–water partition coefficient (Wildman–Crippen LogP) is 2.14. The van der Waals surface area contributed by atoms with Crippen molar-refractivity contribution >= 4 is 5.91 Å². The minimum Gasteiger partial charge on any atom is -0.351 e. The number of carbonyl (C=O) groups excluding carboxylic acids is 1. The van der Waals surface area contributed by atoms with Crippen LogP contribution in [-0.4, -0.2) is 5.91 Å². The van der Waals surface area contributed by atoms with E-state index in [0.29, 0.717) is 18.4 Å². The van der Waals surface area contributed by atoms with Gasteiger partial charge in [0, 0.05) is 6.54 Å². The summed E-state index contributed by atoms with van der Waals surface area (Å²) in [6.07, 6.45) is 2.16. The van der Waals surface area contributed by atoms with Crippen molar-refractivity contribution < 1.29 is 9.18 Å². The Hall–Kier alpha value is -1.89. The fourth-order valence-electron chi connectivity index (χ4n) is 1.92. The van der Waals surface area contributed by atoms with Crippen molar-refractivity contribution in [2.45, 2.75) is 25.8 Å². The number of nitrogens with zero attached hydrogens (tertiary/aromatic N) is 1. The monoisotopic (exact) mass is 232 g/mol. The average Bonchev–Trinajstić information content (AvgIpc) is 2.26. The van der Waals surface area contributed by atoms with Crippen molar-refractivity contribution in [1.29, 1.82) is 5.26 Å². The first-order chi connectivity index (χ1) is 8.16. The fourth-order valence-corrected chi connectivity index (χ4v) is 1.92. The number of hydrogen-bond donors (Lipinski definition) is 1. The smallest absolute Gasteiger partial charge is 0.240 e. The van der Waals surface area contributed by atoms with Crippen LogP contribution in [0.1, 0.15) is 24.8 Å². The van der Waals surface area contributed by atoms with Crippen LogP contribution < -0.4 is 5.32 Å². The second-order valence-electron chi connectivity index (χ2n) is 4.36. The first-order valence-electron chi connectivity index (χ1n) is 5.60. The van der Waals surface area contributed by atoms with Crippen LogP contribution in [0.25, 0.3) is 0 Å². The van der Waals surface area contributed by atoms with Gasteiger partial charge >= 0.3 is 0 Å². The Bertz CT molecular complexity index is 475. The predicted molar refractivity (Wildman–Crippen MR) is 60.1 cm³/mol. The zero-order valence-corrected chi connectivity index (χ0v) is 9.37. The molecule has 2 rings (SSSR count). The molecule has 0 aliphatic heterocycles. The quantitative estimate of drug-likeness (QED) is 0.868. The molecule has 88 valence electrons. The van der Waals surface area contributed by atoms with E-state index < -0.39 is 5.41 Å². The number of carbonyl (C=O) groups is 1. The van der Waals surface area contributed by atoms with Gasteiger partial charge in [0.05, 0.1) is 6.07 Å². The van der Waals surface area contributed by atoms with Crippen LogP contribution in [0, 0.1) is 22.6 Å². The molecule has 1 aromatic rings. The second kappa shape index (κ2) is 4.54. The van der Waals surface area contributed by atoms with Crippen molar-refractivity contribution in [2.75, 3.05) is 0 Å². The Morgan fingerprint density at radius 2 is 2.29 bits per heavy atom. The molecule has 4 heteroatoms. The van der Waals surface area contributed by atoms with Crippen LogP contribution in [0.15, 0.2) is 24.3 Å². The van der Waals surface area contributed by atoms with Crippen LogP contribution in [0.4, 0.5) is 4.39 Å². The molecule has 0 heterocycles. The lowest BCUT2D eigenvalue weighted by molar-refractivity contribution is -0.131. The maximum absolute atomic E-state index is 12.9. The Morgan fingerprint density at radius 1 is 1.53 bits per heavy atom. The molecule has 0 saturated heterocycles. The van der Waals surface area contributed by atoms with E-state index >= 15 is 0 Å². The third kappa shape index (κ3) is 2.28. The van der Waals surface area contributed by atoms with E-state index in [4.69, 9.17) is 5.26 Å². The molecular formula is C13H13FN2O. The maximum atomic E-state index is 12.9. The molecule has 0 spiro atoms. The highest BCUT2D eigenvalue weighted by molar-refractivity contribution is 5.86. The first kappa shape index (κ1) is 11.6. The van der Waals surface area contributed by atoms with Crippen molar-refractivity contribution in [3.8, 4) is 6.07 Å². The molecule has 1 aliphatic rings. The largest absolute Gasteiger partial charge is 0.351 e. The molecule has 1 N–H and O–H groups in total. The lowest BCUT2D eigenvalue weighted by Gasteiger charge is -2.33. The van der Waals surface area contributed by atoms with Crippen molar-refractivity contribution in [3.05, 3.63) is 35.6 Å². The number of nitriles is 1. The third-order valence-corrected chi connectivity index (χ3v) is 3.20. The number of halogens is 1. The minimum atomic E-state index is -0.840. The number of benzene rings is 1. The zero-order valence-electron chi connectivity index (χ0n) is 9.37. The van der Waals surface area contributed by atoms with Gasteiger partial charge in [-0.05, 0) is 37.0 Å². The summed E-state index contributed by atoms with van der Waals surface area (Å²) in [5.74, 6) is -0.564. The highest BCUT2D eigenvalue weighted by Crippen LogP contribution is 2.40. The molecule has 0 bridgehead atoms. The second-order valence-corrected chi connectivity index (χ2v) is 4.36. The highest BCUT2D eigenvalue weighted by atomic mass is 19.1. The van der Waals surface area contributed by atoms with Crippen LogP contribution >= 0.6 is 0 Å². The summed E-state index contributed by atoms with van der Waals surface area (Å²) in [4.78, 5) is 11.8. The number of rotatable bonds is 3. The molecule has 1 amide bonds. The van der Waals surface area contributed by atoms with Crippen LogP contribution in [0.3, 0.4) is 0 Å². The van der Waals surface area contributed by atoms with E-state index in [0.717, 1.165) is 6.42 Å². The molecule has 1 saturated carbocycles. The van der Waals surface area contributed by atoms with Crippen molar-refractivity contribution in [1.82, 2.24) is 5.32 Å². The topological polar surface area (TPSA) is 52.9 Å². The molecule has 0 atom stereocenters. The molecule has 0 radical (unpaired) electrons. The summed E-state index contributed by atoms with van der Waals surface area (Å²) in [5, 5.41) is 11.7. The summed E-state index contributed by atoms with van der Waals surface area (Å²) in [7, 11) is 0. The zero-order chi connectivity index (χ0) is 12.3. The molecule has 3 nitrogen and oxygen atoms in total. The van der Waals surface area contributed by atoms with Gasteiger partial charge < -0.3 is 5.32 Å². The lowest BCUT2D eigenvalue weighted by Crippen LogP contribution is -2.44. The van der Waals surface area contributed by atoms with Gasteiger partial charge in [-0.3, -0.25) is 4.79 Å². The van der Waals surface area contributed by atoms with Crippen molar-refractivity contribution in [3.63, 3.8) is 0 Å². The number of nitrogens with one attached hydrogen (secondary N) is 1. The molecule has 1 fully saturated rings. The van der Waals surface area contributed by atoms with E-state index in [9.17, 15) is 9.18 Å². The summed E-state index contributed by atoms with van der Waals surface area (Å²) in [6.45, 7) is 0.264. The van der Waals surface area contributed by atoms with Crippen LogP contribution in [-0.2, 0) is 11.3 Å². The number of hydrogen-bond acceptors (Lipinski definition) is 2. The fraction of sp³-hybridized carbons (Fsp3) is 0.385. The summed E-state index contributed by atoms with van der Waals surface area (Å²) in [5.41, 5.74) is -0.140. The summed E-state index contributed by atoms with van der Waals surface area (Å²) in [6, 6.07) is 8.14. The van der Waals surface area contributed by atoms with Crippen molar-refractivity contribution in [2.24, 2.45) is 5.41 Å². The first-order valence-corrected chi connectivity index (χ1v) is 5.60. The SMILES string of the molecule is N#CC1(C(=O)NCc2cccc(F)c2)CCC1. The maximum Gasteiger partial charge on any atom is 0.240 e. The number of amides is 1. The third-order valence-electron chi connectivity index (χ3n) is 3.20. The Balaban J connectivity index is 1.95. The molecule has 0 aromatic heterocycles. The Labute approximate surface area is 99.2 Å². The minimum absolute atomic E-state index is 0.240. The molecular weight excluding hydrogens is 219 g/mol. The normalized spacial score (nSPS) is 16.7. The van der Waals surface area contributed by atoms with Crippen LogP contribution in [0.5, 0.6) is 0 Å². The Morgan fingerprint density at radius 3 is 2.82 bits per heavy atom. The summed E-state index contributed by atoms with van der Waals surface area (Å²) < 4.78 is 12.9. The van der Waals surface area contributed by atoms with Crippen LogP contribution in [0.2, 0.25) is 0 Å². The van der Waals surface area contributed by atoms with Gasteiger partial charge in [0.25, 0.3) is 0 Å². The van der Waals surface area contributed by atoms with Gasteiger partial charge in [-0.15, -0.1) is 0 Å². The standard InChI is InChI=1S/C13H13FN2O/c14-11-4-1-3-10(7-11)8-16-12(17)13(9-15)5-2-6-13/h1,3-4,7H,2,5-6,8H2,(H,16,17). The molecule has 0 unspecified atom stereocenters. The Kier molecular flexibility index (Phi) is 3.10. The average molecular weight is 232 g/mol. The van der Waals surface area contributed by atoms with Gasteiger partial charge in [-0.25, -0.2) is 4.39 Å². The highest BCUT2D eigenvalue weighted by Gasteiger charge is 2.44. The van der Waals surface area contributed by atoms with Gasteiger partial charge in [0.1, 0.15) is 11.2 Å². The van der Waals surface area contributed by atoms with Gasteiger partial charge in [-0.1, -0.05) is 12.1 Å². The van der Waals surface area contributed by atoms with E-state index in [1.807, 2.05) is 0 Å². The van der Waals surface area contributed by atoms with E-state index in [-0.39, 0.29) is 18.3 Å². The molecule has 1 aliphatic carbocycles. The van der Waals surface area contributed by atoms with Gasteiger partial charge in [0.2, 0.25) is 5.91 Å². The molecule has 17 heavy (non-hydrogen) atoms.